The highest BCUT2D eigenvalue weighted by atomic mass is 35.5. The zero-order chi connectivity index (χ0) is 13.8. The Labute approximate surface area is 110 Å². The maximum Gasteiger partial charge on any atom is 0.269 e. The van der Waals surface area contributed by atoms with Crippen molar-refractivity contribution < 1.29 is 13.3 Å². The van der Waals surface area contributed by atoms with Crippen molar-refractivity contribution in [2.24, 2.45) is 0 Å². The van der Waals surface area contributed by atoms with E-state index < -0.39 is 14.8 Å². The van der Waals surface area contributed by atoms with E-state index in [1.165, 1.54) is 24.3 Å². The number of halogens is 1. The Hall–Kier alpha value is -1.40. The van der Waals surface area contributed by atoms with Gasteiger partial charge in [-0.05, 0) is 19.1 Å². The first-order valence-corrected chi connectivity index (χ1v) is 7.24. The lowest BCUT2D eigenvalue weighted by atomic mass is 10.3. The Balaban J connectivity index is 2.99. The Morgan fingerprint density at radius 1 is 1.39 bits per heavy atom. The summed E-state index contributed by atoms with van der Waals surface area (Å²) in [6, 6.07) is 4.82. The molecule has 0 fully saturated rings. The summed E-state index contributed by atoms with van der Waals surface area (Å²) in [6.45, 7) is 1.67. The second kappa shape index (κ2) is 5.97. The number of non-ortho nitro benzene ring substituents is 1. The summed E-state index contributed by atoms with van der Waals surface area (Å²) in [4.78, 5) is 9.95. The van der Waals surface area contributed by atoms with Crippen LogP contribution in [-0.2, 0) is 9.84 Å². The molecule has 0 aliphatic carbocycles. The monoisotopic (exact) mass is 289 g/mol. The zero-order valence-electron chi connectivity index (χ0n) is 9.67. The van der Waals surface area contributed by atoms with E-state index in [9.17, 15) is 18.5 Å². The van der Waals surface area contributed by atoms with Crippen molar-refractivity contribution in [3.63, 3.8) is 0 Å². The lowest BCUT2D eigenvalue weighted by Crippen LogP contribution is -2.08. The van der Waals surface area contributed by atoms with Gasteiger partial charge in [0.25, 0.3) is 5.69 Å². The summed E-state index contributed by atoms with van der Waals surface area (Å²) >= 11 is 5.48. The molecule has 0 aromatic heterocycles. The van der Waals surface area contributed by atoms with Gasteiger partial charge in [0.1, 0.15) is 0 Å². The number of benzene rings is 1. The molecule has 7 heteroatoms. The molecule has 1 aromatic rings. The maximum atomic E-state index is 11.9. The molecule has 0 heterocycles. The fourth-order valence-corrected chi connectivity index (χ4v) is 3.05. The number of rotatable bonds is 5. The highest BCUT2D eigenvalue weighted by molar-refractivity contribution is 7.91. The average molecular weight is 290 g/mol. The van der Waals surface area contributed by atoms with E-state index in [1.807, 2.05) is 0 Å². The summed E-state index contributed by atoms with van der Waals surface area (Å²) in [7, 11) is -3.47. The first kappa shape index (κ1) is 14.7. The van der Waals surface area contributed by atoms with Gasteiger partial charge in [0.2, 0.25) is 0 Å². The first-order valence-electron chi connectivity index (χ1n) is 5.05. The van der Waals surface area contributed by atoms with Crippen LogP contribution in [-0.4, -0.2) is 25.0 Å². The number of hydrogen-bond acceptors (Lipinski definition) is 4. The van der Waals surface area contributed by atoms with Crippen LogP contribution in [0, 0.1) is 10.1 Å². The third kappa shape index (κ3) is 3.82. The standard InChI is InChI=1S/C11H12ClNO4S/c1-9(6-7-12)8-18(16,17)11-4-2-10(3-5-11)13(14)15/h2-6H,7-8H2,1H3. The lowest BCUT2D eigenvalue weighted by molar-refractivity contribution is -0.384. The molecule has 0 atom stereocenters. The number of allylic oxidation sites excluding steroid dienone is 1. The van der Waals surface area contributed by atoms with Gasteiger partial charge in [-0.15, -0.1) is 11.6 Å². The van der Waals surface area contributed by atoms with Crippen molar-refractivity contribution in [2.45, 2.75) is 11.8 Å². The number of sulfone groups is 1. The van der Waals surface area contributed by atoms with Gasteiger partial charge in [0.15, 0.2) is 9.84 Å². The highest BCUT2D eigenvalue weighted by Gasteiger charge is 2.16. The van der Waals surface area contributed by atoms with Crippen molar-refractivity contribution in [3.05, 3.63) is 46.0 Å². The third-order valence-electron chi connectivity index (χ3n) is 2.25. The fraction of sp³-hybridized carbons (Fsp3) is 0.273. The van der Waals surface area contributed by atoms with Crippen molar-refractivity contribution >= 4 is 27.1 Å². The van der Waals surface area contributed by atoms with Gasteiger partial charge in [0, 0.05) is 18.0 Å². The molecule has 1 aromatic carbocycles. The Bertz CT molecular complexity index is 563. The largest absolute Gasteiger partial charge is 0.269 e. The zero-order valence-corrected chi connectivity index (χ0v) is 11.2. The van der Waals surface area contributed by atoms with Crippen LogP contribution < -0.4 is 0 Å². The Kier molecular flexibility index (Phi) is 4.86. The molecule has 1 rings (SSSR count). The minimum Gasteiger partial charge on any atom is -0.258 e. The number of hydrogen-bond donors (Lipinski definition) is 0. The molecule has 0 aliphatic rings. The van der Waals surface area contributed by atoms with E-state index in [2.05, 4.69) is 0 Å². The van der Waals surface area contributed by atoms with Crippen molar-refractivity contribution in [3.8, 4) is 0 Å². The van der Waals surface area contributed by atoms with Crippen molar-refractivity contribution in [2.75, 3.05) is 11.6 Å². The summed E-state index contributed by atoms with van der Waals surface area (Å²) in [6.07, 6.45) is 1.62. The summed E-state index contributed by atoms with van der Waals surface area (Å²) in [5, 5.41) is 10.5. The Morgan fingerprint density at radius 2 is 1.94 bits per heavy atom. The number of alkyl halides is 1. The summed E-state index contributed by atoms with van der Waals surface area (Å²) < 4.78 is 23.9. The molecule has 18 heavy (non-hydrogen) atoms. The summed E-state index contributed by atoms with van der Waals surface area (Å²) in [5.74, 6) is 0.110. The van der Waals surface area contributed by atoms with Crippen LogP contribution in [0.1, 0.15) is 6.92 Å². The van der Waals surface area contributed by atoms with Gasteiger partial charge in [-0.3, -0.25) is 10.1 Å². The minimum atomic E-state index is -3.47. The molecule has 0 bridgehead atoms. The van der Waals surface area contributed by atoms with Gasteiger partial charge < -0.3 is 0 Å². The molecule has 0 radical (unpaired) electrons. The predicted octanol–water partition coefficient (Wildman–Crippen LogP) is 2.55. The van der Waals surface area contributed by atoms with Crippen LogP contribution in [0.3, 0.4) is 0 Å². The molecule has 5 nitrogen and oxygen atoms in total. The van der Waals surface area contributed by atoms with Crippen molar-refractivity contribution in [1.29, 1.82) is 0 Å². The van der Waals surface area contributed by atoms with E-state index in [0.717, 1.165) is 0 Å². The second-order valence-electron chi connectivity index (χ2n) is 3.71. The molecule has 0 saturated carbocycles. The SMILES string of the molecule is CC(=CCCl)CS(=O)(=O)c1ccc([N+](=O)[O-])cc1. The first-order chi connectivity index (χ1) is 8.36. The normalized spacial score (nSPS) is 12.4. The smallest absolute Gasteiger partial charge is 0.258 e. The second-order valence-corrected chi connectivity index (χ2v) is 6.01. The average Bonchev–Trinajstić information content (AvgIpc) is 2.28. The van der Waals surface area contributed by atoms with E-state index >= 15 is 0 Å². The van der Waals surface area contributed by atoms with Crippen LogP contribution in [0.25, 0.3) is 0 Å². The summed E-state index contributed by atoms with van der Waals surface area (Å²) in [5.41, 5.74) is 0.505. The molecule has 0 amide bonds. The number of nitrogens with zero attached hydrogens (tertiary/aromatic N) is 1. The molecule has 0 spiro atoms. The molecular weight excluding hydrogens is 278 g/mol. The van der Waals surface area contributed by atoms with Gasteiger partial charge in [-0.2, -0.15) is 0 Å². The molecular formula is C11H12ClNO4S. The van der Waals surface area contributed by atoms with Gasteiger partial charge in [0.05, 0.1) is 15.6 Å². The van der Waals surface area contributed by atoms with Crippen molar-refractivity contribution in [1.82, 2.24) is 0 Å². The van der Waals surface area contributed by atoms with Crippen LogP contribution in [0.5, 0.6) is 0 Å². The topological polar surface area (TPSA) is 77.3 Å². The number of nitro groups is 1. The lowest BCUT2D eigenvalue weighted by Gasteiger charge is -2.04. The van der Waals surface area contributed by atoms with E-state index in [1.54, 1.807) is 13.0 Å². The van der Waals surface area contributed by atoms with Gasteiger partial charge in [-0.1, -0.05) is 11.6 Å². The maximum absolute atomic E-state index is 11.9. The Morgan fingerprint density at radius 3 is 2.39 bits per heavy atom. The highest BCUT2D eigenvalue weighted by Crippen LogP contribution is 2.18. The van der Waals surface area contributed by atoms with Gasteiger partial charge >= 0.3 is 0 Å². The number of nitro benzene ring substituents is 1. The predicted molar refractivity (Wildman–Crippen MR) is 69.6 cm³/mol. The van der Waals surface area contributed by atoms with Crippen LogP contribution in [0.15, 0.2) is 40.8 Å². The molecule has 0 N–H and O–H groups in total. The minimum absolute atomic E-state index is 0.0652. The van der Waals surface area contributed by atoms with Crippen LogP contribution in [0.4, 0.5) is 5.69 Å². The van der Waals surface area contributed by atoms with Gasteiger partial charge in [-0.25, -0.2) is 8.42 Å². The third-order valence-corrected chi connectivity index (χ3v) is 4.23. The molecule has 0 unspecified atom stereocenters. The molecule has 0 aliphatic heterocycles. The van der Waals surface area contributed by atoms with Crippen LogP contribution in [0.2, 0.25) is 0 Å². The fourth-order valence-electron chi connectivity index (χ4n) is 1.35. The quantitative estimate of drug-likeness (QED) is 0.361. The van der Waals surface area contributed by atoms with E-state index in [4.69, 9.17) is 11.6 Å². The van der Waals surface area contributed by atoms with Crippen LogP contribution >= 0.6 is 11.6 Å². The molecule has 98 valence electrons. The van der Waals surface area contributed by atoms with E-state index in [0.29, 0.717) is 5.57 Å². The van der Waals surface area contributed by atoms with E-state index in [-0.39, 0.29) is 22.2 Å². The molecule has 0 saturated heterocycles.